The molecule has 1 aliphatic carbocycles. The Kier molecular flexibility index (Phi) is 0.828. The van der Waals surface area contributed by atoms with Crippen LogP contribution in [0.2, 0.25) is 0 Å². The van der Waals surface area contributed by atoms with Crippen molar-refractivity contribution in [2.45, 2.75) is 0 Å². The van der Waals surface area contributed by atoms with Crippen LogP contribution in [0.3, 0.4) is 0 Å². The molecule has 0 spiro atoms. The zero-order valence-corrected chi connectivity index (χ0v) is 3.56. The third-order valence-electron chi connectivity index (χ3n) is 0.884. The van der Waals surface area contributed by atoms with Gasteiger partial charge in [0, 0.05) is 0 Å². The fraction of sp³-hybridized carbons (Fsp3) is 0.200. The van der Waals surface area contributed by atoms with E-state index in [4.69, 9.17) is 5.26 Å². The van der Waals surface area contributed by atoms with E-state index in [2.05, 4.69) is 0 Å². The number of hydrogen-bond acceptors (Lipinski definition) is 1. The summed E-state index contributed by atoms with van der Waals surface area (Å²) in [4.78, 5) is 0. The quantitative estimate of drug-likeness (QED) is 0.444. The largest absolute Gasteiger partial charge is 0.233 e. The minimum atomic E-state index is -0.542. The second kappa shape index (κ2) is 1.34. The molecule has 0 amide bonds. The molecule has 0 saturated heterocycles. The number of halogens is 1. The van der Waals surface area contributed by atoms with E-state index in [1.807, 2.05) is 0 Å². The Hall–Kier alpha value is -0.840. The molecule has 0 bridgehead atoms. The first-order valence-electron chi connectivity index (χ1n) is 1.95. The topological polar surface area (TPSA) is 23.8 Å². The maximum Gasteiger partial charge on any atom is 0.187 e. The third kappa shape index (κ3) is 0.499. The number of rotatable bonds is 0. The number of nitriles is 1. The van der Waals surface area contributed by atoms with Crippen LogP contribution in [0.15, 0.2) is 12.2 Å². The number of hydrogen-bond donors (Lipinski definition) is 0. The molecule has 0 aromatic rings. The monoisotopic (exact) mass is 96.0 g/mol. The van der Waals surface area contributed by atoms with E-state index in [9.17, 15) is 4.39 Å². The van der Waals surface area contributed by atoms with E-state index in [1.165, 1.54) is 12.2 Å². The summed E-state index contributed by atoms with van der Waals surface area (Å²) in [6.45, 7) is 0. The molecule has 35 valence electrons. The molecule has 0 aliphatic heterocycles. The van der Waals surface area contributed by atoms with Crippen molar-refractivity contribution in [3.63, 3.8) is 0 Å². The molecule has 1 unspecified atom stereocenters. The lowest BCUT2D eigenvalue weighted by Crippen LogP contribution is -2.08. The summed E-state index contributed by atoms with van der Waals surface area (Å²) in [6.07, 6.45) is 2.51. The standard InChI is InChI=1S/C5H3FN/c6-5-2-1-4(5)3-7/h1-2,4H. The van der Waals surface area contributed by atoms with Crippen LogP contribution in [0, 0.1) is 23.4 Å². The summed E-state index contributed by atoms with van der Waals surface area (Å²) in [5.74, 6) is -0.542. The second-order valence-corrected chi connectivity index (χ2v) is 1.35. The second-order valence-electron chi connectivity index (χ2n) is 1.35. The average Bonchev–Trinajstić information content (AvgIpc) is 1.65. The summed E-state index contributed by atoms with van der Waals surface area (Å²) >= 11 is 0. The highest BCUT2D eigenvalue weighted by atomic mass is 19.1. The predicted molar refractivity (Wildman–Crippen MR) is 22.6 cm³/mol. The molecule has 0 N–H and O–H groups in total. The van der Waals surface area contributed by atoms with E-state index in [1.54, 1.807) is 6.07 Å². The normalized spacial score (nSPS) is 28.9. The van der Waals surface area contributed by atoms with Gasteiger partial charge in [-0.25, -0.2) is 4.39 Å². The third-order valence-corrected chi connectivity index (χ3v) is 0.884. The van der Waals surface area contributed by atoms with Crippen molar-refractivity contribution in [2.75, 3.05) is 0 Å². The summed E-state index contributed by atoms with van der Waals surface area (Å²) in [6, 6.07) is 1.75. The molecule has 1 aliphatic rings. The van der Waals surface area contributed by atoms with Crippen LogP contribution in [-0.4, -0.2) is 0 Å². The van der Waals surface area contributed by atoms with Crippen molar-refractivity contribution in [2.24, 2.45) is 5.92 Å². The zero-order valence-electron chi connectivity index (χ0n) is 3.56. The van der Waals surface area contributed by atoms with Crippen LogP contribution in [0.1, 0.15) is 0 Å². The minimum Gasteiger partial charge on any atom is -0.233 e. The lowest BCUT2D eigenvalue weighted by Gasteiger charge is -2.11. The Bertz CT molecular complexity index is 134. The molecule has 0 fully saturated rings. The minimum absolute atomic E-state index is 0.317. The summed E-state index contributed by atoms with van der Waals surface area (Å²) in [5, 5.41) is 7.99. The lowest BCUT2D eigenvalue weighted by atomic mass is 9.95. The molecule has 1 rings (SSSR count). The smallest absolute Gasteiger partial charge is 0.187 e. The molecular weight excluding hydrogens is 93.1 g/mol. The van der Waals surface area contributed by atoms with E-state index in [-0.39, 0.29) is 6.17 Å². The van der Waals surface area contributed by atoms with Gasteiger partial charge in [0.25, 0.3) is 0 Å². The van der Waals surface area contributed by atoms with Gasteiger partial charge in [-0.1, -0.05) is 6.08 Å². The van der Waals surface area contributed by atoms with Gasteiger partial charge in [-0.05, 0) is 6.08 Å². The van der Waals surface area contributed by atoms with Crippen LogP contribution in [-0.2, 0) is 0 Å². The SMILES string of the molecule is N#CC1C=C[C]1F. The molecule has 0 saturated carbocycles. The van der Waals surface area contributed by atoms with Crippen LogP contribution in [0.4, 0.5) is 4.39 Å². The zero-order chi connectivity index (χ0) is 5.28. The predicted octanol–water partition coefficient (Wildman–Crippen LogP) is 1.20. The van der Waals surface area contributed by atoms with Crippen LogP contribution >= 0.6 is 0 Å². The first kappa shape index (κ1) is 4.32. The van der Waals surface area contributed by atoms with Gasteiger partial charge in [-0.2, -0.15) is 5.26 Å². The fourth-order valence-electron chi connectivity index (χ4n) is 0.370. The maximum atomic E-state index is 11.8. The van der Waals surface area contributed by atoms with E-state index < -0.39 is 5.92 Å². The average molecular weight is 96.1 g/mol. The Morgan fingerprint density at radius 2 is 2.57 bits per heavy atom. The highest BCUT2D eigenvalue weighted by Crippen LogP contribution is 2.27. The van der Waals surface area contributed by atoms with Gasteiger partial charge in [-0.3, -0.25) is 0 Å². The molecule has 0 aromatic heterocycles. The van der Waals surface area contributed by atoms with Gasteiger partial charge < -0.3 is 0 Å². The van der Waals surface area contributed by atoms with E-state index in [0.29, 0.717) is 0 Å². The van der Waals surface area contributed by atoms with Crippen molar-refractivity contribution >= 4 is 0 Å². The van der Waals surface area contributed by atoms with E-state index >= 15 is 0 Å². The van der Waals surface area contributed by atoms with Gasteiger partial charge in [0.2, 0.25) is 0 Å². The van der Waals surface area contributed by atoms with Gasteiger partial charge >= 0.3 is 0 Å². The molecular formula is C5H3FN. The summed E-state index contributed by atoms with van der Waals surface area (Å²) in [5.41, 5.74) is 0. The molecule has 7 heavy (non-hydrogen) atoms. The van der Waals surface area contributed by atoms with Gasteiger partial charge in [-0.15, -0.1) is 0 Å². The van der Waals surface area contributed by atoms with Gasteiger partial charge in [0.1, 0.15) is 5.92 Å². The van der Waals surface area contributed by atoms with Crippen LogP contribution < -0.4 is 0 Å². The summed E-state index contributed by atoms with van der Waals surface area (Å²) in [7, 11) is 0. The van der Waals surface area contributed by atoms with Crippen molar-refractivity contribution in [3.8, 4) is 6.07 Å². The first-order chi connectivity index (χ1) is 3.34. The van der Waals surface area contributed by atoms with Crippen molar-refractivity contribution in [1.29, 1.82) is 5.26 Å². The molecule has 1 nitrogen and oxygen atoms in total. The molecule has 0 heterocycles. The highest BCUT2D eigenvalue weighted by Gasteiger charge is 2.23. The maximum absolute atomic E-state index is 11.8. The molecule has 2 heteroatoms. The number of nitrogens with zero attached hydrogens (tertiary/aromatic N) is 1. The summed E-state index contributed by atoms with van der Waals surface area (Å²) < 4.78 is 11.8. The molecule has 0 aromatic carbocycles. The molecule has 1 atom stereocenters. The van der Waals surface area contributed by atoms with Crippen molar-refractivity contribution < 1.29 is 4.39 Å². The Labute approximate surface area is 41.1 Å². The number of allylic oxidation sites excluding steroid dienone is 2. The van der Waals surface area contributed by atoms with Crippen LogP contribution in [0.5, 0.6) is 0 Å². The van der Waals surface area contributed by atoms with Crippen molar-refractivity contribution in [1.82, 2.24) is 0 Å². The van der Waals surface area contributed by atoms with Crippen LogP contribution in [0.25, 0.3) is 0 Å². The lowest BCUT2D eigenvalue weighted by molar-refractivity contribution is 0.462. The Morgan fingerprint density at radius 3 is 2.57 bits per heavy atom. The van der Waals surface area contributed by atoms with Gasteiger partial charge in [0.05, 0.1) is 6.07 Å². The van der Waals surface area contributed by atoms with E-state index in [0.717, 1.165) is 0 Å². The fourth-order valence-corrected chi connectivity index (χ4v) is 0.370. The first-order valence-corrected chi connectivity index (χ1v) is 1.95. The Balaban J connectivity index is 2.53. The Morgan fingerprint density at radius 1 is 1.86 bits per heavy atom. The van der Waals surface area contributed by atoms with Crippen molar-refractivity contribution in [3.05, 3.63) is 18.3 Å². The highest BCUT2D eigenvalue weighted by molar-refractivity contribution is 5.29. The van der Waals surface area contributed by atoms with Gasteiger partial charge in [0.15, 0.2) is 6.17 Å². The molecule has 1 radical (unpaired) electrons.